The van der Waals surface area contributed by atoms with Crippen LogP contribution < -0.4 is 10.6 Å². The standard InChI is InChI=1S/C20H32N4OS/c1-3-20(9-5-6-10-20)15-23-19(21-4-2)22-13-18(25)24-11-7-17-16(14-24)8-12-26-17/h8,12H,3-7,9-11,13-15H2,1-2H3,(H2,21,22,23). The molecule has 0 spiro atoms. The van der Waals surface area contributed by atoms with Gasteiger partial charge in [-0.2, -0.15) is 0 Å². The van der Waals surface area contributed by atoms with Crippen LogP contribution in [-0.2, 0) is 17.8 Å². The van der Waals surface area contributed by atoms with Crippen molar-refractivity contribution in [1.29, 1.82) is 0 Å². The van der Waals surface area contributed by atoms with Gasteiger partial charge in [-0.1, -0.05) is 19.8 Å². The molecule has 1 aliphatic carbocycles. The molecule has 1 aromatic rings. The number of guanidine groups is 1. The first-order chi connectivity index (χ1) is 12.7. The summed E-state index contributed by atoms with van der Waals surface area (Å²) in [6.45, 7) is 7.87. The SMILES string of the molecule is CCNC(=NCC(=O)N1CCc2sccc2C1)NCC1(CC)CCCC1. The van der Waals surface area contributed by atoms with Crippen LogP contribution in [0.15, 0.2) is 16.4 Å². The van der Waals surface area contributed by atoms with E-state index in [1.165, 1.54) is 42.5 Å². The summed E-state index contributed by atoms with van der Waals surface area (Å²) in [5.74, 6) is 0.888. The van der Waals surface area contributed by atoms with E-state index in [1.54, 1.807) is 11.3 Å². The number of aliphatic imine (C=N–C) groups is 1. The Bertz CT molecular complexity index is 634. The van der Waals surface area contributed by atoms with Crippen LogP contribution in [0.4, 0.5) is 0 Å². The first-order valence-corrected chi connectivity index (χ1v) is 10.9. The molecule has 3 rings (SSSR count). The highest BCUT2D eigenvalue weighted by atomic mass is 32.1. The number of rotatable bonds is 6. The Morgan fingerprint density at radius 1 is 1.31 bits per heavy atom. The Balaban J connectivity index is 1.54. The summed E-state index contributed by atoms with van der Waals surface area (Å²) in [6.07, 6.45) is 7.44. The van der Waals surface area contributed by atoms with Gasteiger partial charge in [-0.3, -0.25) is 4.79 Å². The predicted octanol–water partition coefficient (Wildman–Crippen LogP) is 3.16. The van der Waals surface area contributed by atoms with Gasteiger partial charge in [0, 0.05) is 31.1 Å². The van der Waals surface area contributed by atoms with Crippen molar-refractivity contribution in [2.45, 2.75) is 58.9 Å². The van der Waals surface area contributed by atoms with Gasteiger partial charge in [0.15, 0.2) is 5.96 Å². The molecule has 0 aromatic carbocycles. The van der Waals surface area contributed by atoms with Crippen molar-refractivity contribution >= 4 is 23.2 Å². The lowest BCUT2D eigenvalue weighted by Gasteiger charge is -2.29. The molecule has 1 aromatic heterocycles. The first-order valence-electron chi connectivity index (χ1n) is 10.0. The van der Waals surface area contributed by atoms with E-state index in [0.717, 1.165) is 38.6 Å². The first kappa shape index (κ1) is 19.2. The fourth-order valence-electron chi connectivity index (χ4n) is 4.10. The van der Waals surface area contributed by atoms with Crippen LogP contribution in [0.25, 0.3) is 0 Å². The maximum atomic E-state index is 12.6. The van der Waals surface area contributed by atoms with Crippen molar-refractivity contribution in [3.8, 4) is 0 Å². The van der Waals surface area contributed by atoms with Gasteiger partial charge in [0.2, 0.25) is 5.91 Å². The molecule has 0 radical (unpaired) electrons. The van der Waals surface area contributed by atoms with E-state index in [9.17, 15) is 4.79 Å². The van der Waals surface area contributed by atoms with E-state index in [0.29, 0.717) is 5.41 Å². The lowest BCUT2D eigenvalue weighted by molar-refractivity contribution is -0.130. The minimum Gasteiger partial charge on any atom is -0.357 e. The molecule has 0 saturated heterocycles. The molecule has 0 atom stereocenters. The minimum absolute atomic E-state index is 0.116. The molecular formula is C20H32N4OS. The number of fused-ring (bicyclic) bond motifs is 1. The third-order valence-corrected chi connectivity index (χ3v) is 6.95. The average molecular weight is 377 g/mol. The molecule has 26 heavy (non-hydrogen) atoms. The predicted molar refractivity (Wildman–Crippen MR) is 109 cm³/mol. The summed E-state index contributed by atoms with van der Waals surface area (Å²) in [4.78, 5) is 20.5. The molecule has 1 fully saturated rings. The van der Waals surface area contributed by atoms with Crippen LogP contribution >= 0.6 is 11.3 Å². The summed E-state index contributed by atoms with van der Waals surface area (Å²) in [6, 6.07) is 2.14. The van der Waals surface area contributed by atoms with E-state index in [4.69, 9.17) is 0 Å². The largest absolute Gasteiger partial charge is 0.357 e. The highest BCUT2D eigenvalue weighted by Crippen LogP contribution is 2.40. The van der Waals surface area contributed by atoms with Crippen LogP contribution in [0.5, 0.6) is 0 Å². The molecule has 1 aliphatic heterocycles. The van der Waals surface area contributed by atoms with E-state index >= 15 is 0 Å². The normalized spacial score (nSPS) is 19.3. The van der Waals surface area contributed by atoms with Gasteiger partial charge in [-0.15, -0.1) is 11.3 Å². The number of hydrogen-bond donors (Lipinski definition) is 2. The number of nitrogens with one attached hydrogen (secondary N) is 2. The van der Waals surface area contributed by atoms with Crippen LogP contribution in [-0.4, -0.2) is 42.9 Å². The average Bonchev–Trinajstić information content (AvgIpc) is 3.32. The second-order valence-electron chi connectivity index (χ2n) is 7.54. The molecule has 0 bridgehead atoms. The monoisotopic (exact) mass is 376 g/mol. The molecule has 0 unspecified atom stereocenters. The highest BCUT2D eigenvalue weighted by Gasteiger charge is 2.32. The topological polar surface area (TPSA) is 56.7 Å². The van der Waals surface area contributed by atoms with E-state index in [2.05, 4.69) is 40.9 Å². The molecule has 2 N–H and O–H groups in total. The van der Waals surface area contributed by atoms with Crippen molar-refractivity contribution in [2.75, 3.05) is 26.2 Å². The number of hydrogen-bond acceptors (Lipinski definition) is 3. The Morgan fingerprint density at radius 3 is 2.85 bits per heavy atom. The van der Waals surface area contributed by atoms with Crippen molar-refractivity contribution in [1.82, 2.24) is 15.5 Å². The van der Waals surface area contributed by atoms with Crippen molar-refractivity contribution < 1.29 is 4.79 Å². The summed E-state index contributed by atoms with van der Waals surface area (Å²) in [5, 5.41) is 8.90. The summed E-state index contributed by atoms with van der Waals surface area (Å²) < 4.78 is 0. The lowest BCUT2D eigenvalue weighted by Crippen LogP contribution is -2.44. The lowest BCUT2D eigenvalue weighted by atomic mass is 9.83. The van der Waals surface area contributed by atoms with Crippen LogP contribution in [0.3, 0.4) is 0 Å². The van der Waals surface area contributed by atoms with Crippen LogP contribution in [0.2, 0.25) is 0 Å². The number of carbonyl (C=O) groups excluding carboxylic acids is 1. The zero-order valence-electron chi connectivity index (χ0n) is 16.1. The van der Waals surface area contributed by atoms with E-state index in [1.807, 2.05) is 4.90 Å². The maximum absolute atomic E-state index is 12.6. The highest BCUT2D eigenvalue weighted by molar-refractivity contribution is 7.10. The fourth-order valence-corrected chi connectivity index (χ4v) is 4.99. The van der Waals surface area contributed by atoms with Gasteiger partial charge in [0.25, 0.3) is 0 Å². The number of amides is 1. The molecule has 5 nitrogen and oxygen atoms in total. The number of thiophene rings is 1. The van der Waals surface area contributed by atoms with Gasteiger partial charge in [0.05, 0.1) is 0 Å². The zero-order valence-corrected chi connectivity index (χ0v) is 17.0. The smallest absolute Gasteiger partial charge is 0.244 e. The molecule has 1 amide bonds. The molecule has 6 heteroatoms. The molecule has 1 saturated carbocycles. The second kappa shape index (κ2) is 8.89. The quantitative estimate of drug-likeness (QED) is 0.592. The zero-order chi connectivity index (χ0) is 18.4. The molecular weight excluding hydrogens is 344 g/mol. The molecule has 2 aliphatic rings. The third kappa shape index (κ3) is 4.58. The summed E-state index contributed by atoms with van der Waals surface area (Å²) in [7, 11) is 0. The summed E-state index contributed by atoms with van der Waals surface area (Å²) in [5.41, 5.74) is 1.71. The van der Waals surface area contributed by atoms with Gasteiger partial charge in [0.1, 0.15) is 6.54 Å². The van der Waals surface area contributed by atoms with Gasteiger partial charge in [-0.25, -0.2) is 4.99 Å². The Hall–Kier alpha value is -1.56. The molecule has 2 heterocycles. The van der Waals surface area contributed by atoms with Crippen molar-refractivity contribution in [3.05, 3.63) is 21.9 Å². The Labute approximate surface area is 161 Å². The summed E-state index contributed by atoms with van der Waals surface area (Å²) >= 11 is 1.80. The third-order valence-electron chi connectivity index (χ3n) is 5.92. The van der Waals surface area contributed by atoms with Crippen molar-refractivity contribution in [3.63, 3.8) is 0 Å². The van der Waals surface area contributed by atoms with Crippen molar-refractivity contribution in [2.24, 2.45) is 10.4 Å². The number of nitrogens with zero attached hydrogens (tertiary/aromatic N) is 2. The Morgan fingerprint density at radius 2 is 2.12 bits per heavy atom. The van der Waals surface area contributed by atoms with Crippen LogP contribution in [0, 0.1) is 5.41 Å². The number of carbonyl (C=O) groups is 1. The van der Waals surface area contributed by atoms with Gasteiger partial charge < -0.3 is 15.5 Å². The van der Waals surface area contributed by atoms with Gasteiger partial charge >= 0.3 is 0 Å². The van der Waals surface area contributed by atoms with E-state index < -0.39 is 0 Å². The van der Waals surface area contributed by atoms with Crippen LogP contribution in [0.1, 0.15) is 56.4 Å². The van der Waals surface area contributed by atoms with Gasteiger partial charge in [-0.05, 0) is 55.0 Å². The Kier molecular flexibility index (Phi) is 6.57. The maximum Gasteiger partial charge on any atom is 0.244 e. The molecule has 144 valence electrons. The van der Waals surface area contributed by atoms with E-state index in [-0.39, 0.29) is 12.5 Å². The minimum atomic E-state index is 0.116. The second-order valence-corrected chi connectivity index (χ2v) is 8.54. The fraction of sp³-hybridized carbons (Fsp3) is 0.700.